The molecular formula is C21H27NO2. The quantitative estimate of drug-likeness (QED) is 0.826. The van der Waals surface area contributed by atoms with E-state index in [4.69, 9.17) is 4.74 Å². The molecular weight excluding hydrogens is 298 g/mol. The Balaban J connectivity index is 2.15. The second-order valence-electron chi connectivity index (χ2n) is 6.18. The fraction of sp³-hybridized carbons (Fsp3) is 0.381. The van der Waals surface area contributed by atoms with Gasteiger partial charge in [0.15, 0.2) is 6.10 Å². The van der Waals surface area contributed by atoms with Crippen molar-refractivity contribution in [3.63, 3.8) is 0 Å². The van der Waals surface area contributed by atoms with Gasteiger partial charge in [-0.25, -0.2) is 0 Å². The first-order chi connectivity index (χ1) is 11.5. The Morgan fingerprint density at radius 2 is 1.71 bits per heavy atom. The molecule has 0 radical (unpaired) electrons. The Kier molecular flexibility index (Phi) is 6.02. The molecule has 2 aromatic carbocycles. The normalized spacial score (nSPS) is 11.9. The van der Waals surface area contributed by atoms with Crippen LogP contribution < -0.4 is 10.1 Å². The summed E-state index contributed by atoms with van der Waals surface area (Å²) in [7, 11) is 0. The van der Waals surface area contributed by atoms with E-state index in [2.05, 4.69) is 37.4 Å². The maximum Gasteiger partial charge on any atom is 0.265 e. The van der Waals surface area contributed by atoms with Crippen LogP contribution in [0.1, 0.15) is 43.0 Å². The van der Waals surface area contributed by atoms with E-state index >= 15 is 0 Å². The summed E-state index contributed by atoms with van der Waals surface area (Å²) < 4.78 is 5.87. The largest absolute Gasteiger partial charge is 0.481 e. The van der Waals surface area contributed by atoms with Gasteiger partial charge in [0.2, 0.25) is 0 Å². The van der Waals surface area contributed by atoms with Crippen molar-refractivity contribution in [3.05, 3.63) is 58.7 Å². The minimum Gasteiger partial charge on any atom is -0.481 e. The third-order valence-corrected chi connectivity index (χ3v) is 4.25. The Hall–Kier alpha value is -2.29. The second-order valence-corrected chi connectivity index (χ2v) is 6.18. The van der Waals surface area contributed by atoms with E-state index < -0.39 is 6.10 Å². The molecule has 0 saturated carbocycles. The molecule has 1 N–H and O–H groups in total. The van der Waals surface area contributed by atoms with Crippen LogP contribution >= 0.6 is 0 Å². The van der Waals surface area contributed by atoms with Crippen LogP contribution in [-0.4, -0.2) is 12.0 Å². The van der Waals surface area contributed by atoms with E-state index in [0.29, 0.717) is 0 Å². The highest BCUT2D eigenvalue weighted by Gasteiger charge is 2.18. The van der Waals surface area contributed by atoms with Crippen LogP contribution in [0, 0.1) is 13.8 Å². The summed E-state index contributed by atoms with van der Waals surface area (Å²) in [4.78, 5) is 12.6. The fourth-order valence-corrected chi connectivity index (χ4v) is 2.80. The smallest absolute Gasteiger partial charge is 0.265 e. The molecule has 128 valence electrons. The number of nitrogens with one attached hydrogen (secondary N) is 1. The molecule has 3 nitrogen and oxygen atoms in total. The summed E-state index contributed by atoms with van der Waals surface area (Å²) >= 11 is 0. The molecule has 3 heteroatoms. The Morgan fingerprint density at radius 1 is 1.08 bits per heavy atom. The summed E-state index contributed by atoms with van der Waals surface area (Å²) in [6.07, 6.45) is 1.21. The van der Waals surface area contributed by atoms with Gasteiger partial charge in [0.05, 0.1) is 0 Å². The predicted molar refractivity (Wildman–Crippen MR) is 99.8 cm³/mol. The summed E-state index contributed by atoms with van der Waals surface area (Å²) in [6, 6.07) is 12.1. The highest BCUT2D eigenvalue weighted by Crippen LogP contribution is 2.24. The van der Waals surface area contributed by atoms with Gasteiger partial charge in [-0.2, -0.15) is 0 Å². The molecule has 2 rings (SSSR count). The lowest BCUT2D eigenvalue weighted by Crippen LogP contribution is -2.31. The van der Waals surface area contributed by atoms with Crippen molar-refractivity contribution in [2.75, 3.05) is 5.32 Å². The zero-order valence-corrected chi connectivity index (χ0v) is 15.3. The third kappa shape index (κ3) is 4.16. The number of benzene rings is 2. The summed E-state index contributed by atoms with van der Waals surface area (Å²) in [5.41, 5.74) is 5.46. The molecule has 1 amide bonds. The molecule has 0 aliphatic carbocycles. The van der Waals surface area contributed by atoms with E-state index in [0.717, 1.165) is 41.0 Å². The molecule has 0 spiro atoms. The topological polar surface area (TPSA) is 38.3 Å². The standard InChI is InChI=1S/C21H27NO2/c1-6-17-9-8-10-18(7-2)20(17)22-21(23)16(5)24-19-12-11-14(3)13-15(19)4/h8-13,16H,6-7H2,1-5H3,(H,22,23). The number of para-hydroxylation sites is 1. The number of aryl methyl sites for hydroxylation is 4. The van der Waals surface area contributed by atoms with Crippen LogP contribution in [0.5, 0.6) is 5.75 Å². The number of carbonyl (C=O) groups excluding carboxylic acids is 1. The monoisotopic (exact) mass is 325 g/mol. The van der Waals surface area contributed by atoms with E-state index in [1.165, 1.54) is 5.56 Å². The first kappa shape index (κ1) is 18.1. The van der Waals surface area contributed by atoms with Crippen molar-refractivity contribution in [2.45, 2.75) is 53.6 Å². The molecule has 24 heavy (non-hydrogen) atoms. The van der Waals surface area contributed by atoms with Gasteiger partial charge in [0, 0.05) is 5.69 Å². The molecule has 1 unspecified atom stereocenters. The molecule has 0 fully saturated rings. The van der Waals surface area contributed by atoms with Gasteiger partial charge in [-0.05, 0) is 56.4 Å². The zero-order valence-electron chi connectivity index (χ0n) is 15.3. The number of ether oxygens (including phenoxy) is 1. The Morgan fingerprint density at radius 3 is 2.25 bits per heavy atom. The molecule has 0 aliphatic heterocycles. The Bertz CT molecular complexity index is 700. The van der Waals surface area contributed by atoms with Gasteiger partial charge in [0.1, 0.15) is 5.75 Å². The molecule has 0 heterocycles. The third-order valence-electron chi connectivity index (χ3n) is 4.25. The van der Waals surface area contributed by atoms with E-state index in [-0.39, 0.29) is 5.91 Å². The number of anilines is 1. The number of hydrogen-bond donors (Lipinski definition) is 1. The van der Waals surface area contributed by atoms with E-state index in [1.54, 1.807) is 6.92 Å². The first-order valence-electron chi connectivity index (χ1n) is 8.61. The van der Waals surface area contributed by atoms with Gasteiger partial charge in [0.25, 0.3) is 5.91 Å². The predicted octanol–water partition coefficient (Wildman–Crippen LogP) is 4.83. The number of rotatable bonds is 6. The summed E-state index contributed by atoms with van der Waals surface area (Å²) in [5, 5.41) is 3.07. The van der Waals surface area contributed by atoms with Crippen molar-refractivity contribution >= 4 is 11.6 Å². The van der Waals surface area contributed by atoms with Gasteiger partial charge in [-0.1, -0.05) is 49.7 Å². The number of amides is 1. The van der Waals surface area contributed by atoms with Gasteiger partial charge < -0.3 is 10.1 Å². The summed E-state index contributed by atoms with van der Waals surface area (Å²) in [6.45, 7) is 10.0. The maximum absolute atomic E-state index is 12.6. The lowest BCUT2D eigenvalue weighted by atomic mass is 10.0. The van der Waals surface area contributed by atoms with Crippen molar-refractivity contribution in [1.29, 1.82) is 0 Å². The lowest BCUT2D eigenvalue weighted by molar-refractivity contribution is -0.122. The minimum atomic E-state index is -0.555. The first-order valence-corrected chi connectivity index (χ1v) is 8.61. The number of carbonyl (C=O) groups is 1. The van der Waals surface area contributed by atoms with Crippen molar-refractivity contribution in [1.82, 2.24) is 0 Å². The number of hydrogen-bond acceptors (Lipinski definition) is 2. The molecule has 0 aliphatic rings. The highest BCUT2D eigenvalue weighted by molar-refractivity contribution is 5.95. The van der Waals surface area contributed by atoms with Crippen molar-refractivity contribution in [3.8, 4) is 5.75 Å². The SMILES string of the molecule is CCc1cccc(CC)c1NC(=O)C(C)Oc1ccc(C)cc1C. The highest BCUT2D eigenvalue weighted by atomic mass is 16.5. The van der Waals surface area contributed by atoms with Crippen LogP contribution in [0.4, 0.5) is 5.69 Å². The summed E-state index contributed by atoms with van der Waals surface area (Å²) in [5.74, 6) is 0.633. The second kappa shape index (κ2) is 8.00. The van der Waals surface area contributed by atoms with Crippen LogP contribution in [-0.2, 0) is 17.6 Å². The van der Waals surface area contributed by atoms with Gasteiger partial charge in [-0.3, -0.25) is 4.79 Å². The van der Waals surface area contributed by atoms with Crippen LogP contribution in [0.15, 0.2) is 36.4 Å². The zero-order chi connectivity index (χ0) is 17.7. The average molecular weight is 325 g/mol. The average Bonchev–Trinajstić information content (AvgIpc) is 2.57. The van der Waals surface area contributed by atoms with E-state index in [9.17, 15) is 4.79 Å². The maximum atomic E-state index is 12.6. The van der Waals surface area contributed by atoms with Crippen molar-refractivity contribution in [2.24, 2.45) is 0 Å². The van der Waals surface area contributed by atoms with Gasteiger partial charge >= 0.3 is 0 Å². The molecule has 2 aromatic rings. The van der Waals surface area contributed by atoms with Crippen LogP contribution in [0.2, 0.25) is 0 Å². The molecule has 1 atom stereocenters. The van der Waals surface area contributed by atoms with Crippen LogP contribution in [0.3, 0.4) is 0 Å². The lowest BCUT2D eigenvalue weighted by Gasteiger charge is -2.19. The van der Waals surface area contributed by atoms with Crippen molar-refractivity contribution < 1.29 is 9.53 Å². The Labute approximate surface area is 145 Å². The van der Waals surface area contributed by atoms with Gasteiger partial charge in [-0.15, -0.1) is 0 Å². The molecule has 0 aromatic heterocycles. The van der Waals surface area contributed by atoms with E-state index in [1.807, 2.05) is 32.0 Å². The molecule has 0 bridgehead atoms. The fourth-order valence-electron chi connectivity index (χ4n) is 2.80. The minimum absolute atomic E-state index is 0.120. The van der Waals surface area contributed by atoms with Crippen LogP contribution in [0.25, 0.3) is 0 Å². The molecule has 0 saturated heterocycles.